The lowest BCUT2D eigenvalue weighted by molar-refractivity contribution is 0.396. The summed E-state index contributed by atoms with van der Waals surface area (Å²) in [4.78, 5) is 6.36. The first kappa shape index (κ1) is 35.2. The van der Waals surface area contributed by atoms with Gasteiger partial charge in [0.05, 0.1) is 22.7 Å². The second-order valence-electron chi connectivity index (χ2n) is 13.1. The number of fused-ring (bicyclic) bond motifs is 1. The molecule has 266 valence electrons. The SMILES string of the molecule is CCCCc1nc(Cl)c(CC#N)n1Cc1ccc2oc(-c3ccccc3-c3nnn(C(c4ccccc4)(c4ccccc4)c4ccccc4)n3)c(Br)c2c1. The van der Waals surface area contributed by atoms with Gasteiger partial charge in [-0.25, -0.2) is 4.98 Å². The number of unbranched alkanes of at least 4 members (excludes halogenated alkanes) is 1. The second-order valence-corrected chi connectivity index (χ2v) is 14.3. The van der Waals surface area contributed by atoms with Crippen molar-refractivity contribution < 1.29 is 4.42 Å². The Kier molecular flexibility index (Phi) is 9.96. The van der Waals surface area contributed by atoms with Gasteiger partial charge in [-0.3, -0.25) is 0 Å². The van der Waals surface area contributed by atoms with E-state index in [9.17, 15) is 5.26 Å². The highest BCUT2D eigenvalue weighted by atomic mass is 79.9. The first-order valence-electron chi connectivity index (χ1n) is 17.9. The van der Waals surface area contributed by atoms with Gasteiger partial charge in [0.2, 0.25) is 5.82 Å². The van der Waals surface area contributed by atoms with E-state index in [-0.39, 0.29) is 6.42 Å². The fourth-order valence-corrected chi connectivity index (χ4v) is 8.13. The lowest BCUT2D eigenvalue weighted by Crippen LogP contribution is -2.39. The Balaban J connectivity index is 1.22. The summed E-state index contributed by atoms with van der Waals surface area (Å²) in [6.45, 7) is 2.69. The molecule has 0 saturated heterocycles. The number of nitrogens with zero attached hydrogens (tertiary/aromatic N) is 7. The summed E-state index contributed by atoms with van der Waals surface area (Å²) in [7, 11) is 0. The first-order chi connectivity index (χ1) is 26.5. The number of hydrogen-bond donors (Lipinski definition) is 0. The number of imidazole rings is 1. The molecule has 54 heavy (non-hydrogen) atoms. The molecular formula is C44H35BrClN7O. The lowest BCUT2D eigenvalue weighted by atomic mass is 9.77. The molecule has 8 aromatic rings. The molecule has 0 aliphatic heterocycles. The third-order valence-electron chi connectivity index (χ3n) is 9.84. The molecule has 0 N–H and O–H groups in total. The summed E-state index contributed by atoms with van der Waals surface area (Å²) in [5.74, 6) is 2.02. The van der Waals surface area contributed by atoms with Crippen molar-refractivity contribution in [3.05, 3.63) is 177 Å². The zero-order valence-electron chi connectivity index (χ0n) is 29.5. The van der Waals surface area contributed by atoms with Gasteiger partial charge in [0, 0.05) is 29.5 Å². The molecule has 0 unspecified atom stereocenters. The van der Waals surface area contributed by atoms with E-state index in [1.165, 1.54) is 0 Å². The normalized spacial score (nSPS) is 11.6. The summed E-state index contributed by atoms with van der Waals surface area (Å²) in [5, 5.41) is 25.5. The van der Waals surface area contributed by atoms with Crippen molar-refractivity contribution in [3.8, 4) is 28.8 Å². The van der Waals surface area contributed by atoms with E-state index in [1.54, 1.807) is 4.80 Å². The van der Waals surface area contributed by atoms with Crippen LogP contribution in [-0.4, -0.2) is 29.8 Å². The van der Waals surface area contributed by atoms with E-state index in [1.807, 2.05) is 91.0 Å². The van der Waals surface area contributed by atoms with Gasteiger partial charge in [0.15, 0.2) is 10.7 Å². The molecule has 3 aromatic heterocycles. The van der Waals surface area contributed by atoms with Crippen LogP contribution in [0.25, 0.3) is 33.7 Å². The van der Waals surface area contributed by atoms with Crippen molar-refractivity contribution >= 4 is 38.5 Å². The van der Waals surface area contributed by atoms with Crippen LogP contribution in [0.15, 0.2) is 142 Å². The largest absolute Gasteiger partial charge is 0.455 e. The molecule has 0 saturated carbocycles. The van der Waals surface area contributed by atoms with Crippen molar-refractivity contribution in [1.82, 2.24) is 29.8 Å². The van der Waals surface area contributed by atoms with Crippen LogP contribution < -0.4 is 0 Å². The molecule has 3 heterocycles. The highest BCUT2D eigenvalue weighted by molar-refractivity contribution is 9.10. The fourth-order valence-electron chi connectivity index (χ4n) is 7.25. The van der Waals surface area contributed by atoms with E-state index in [0.717, 1.165) is 79.6 Å². The van der Waals surface area contributed by atoms with Crippen molar-refractivity contribution in [2.45, 2.75) is 44.7 Å². The molecule has 8 nitrogen and oxygen atoms in total. The number of halogens is 2. The van der Waals surface area contributed by atoms with Crippen molar-refractivity contribution in [2.24, 2.45) is 0 Å². The zero-order chi connectivity index (χ0) is 37.1. The van der Waals surface area contributed by atoms with Gasteiger partial charge >= 0.3 is 0 Å². The van der Waals surface area contributed by atoms with Gasteiger partial charge in [0.25, 0.3) is 0 Å². The molecule has 0 atom stereocenters. The summed E-state index contributed by atoms with van der Waals surface area (Å²) >= 11 is 10.4. The number of benzene rings is 5. The Bertz CT molecular complexity index is 2490. The minimum absolute atomic E-state index is 0.193. The quantitative estimate of drug-likeness (QED) is 0.114. The predicted molar refractivity (Wildman–Crippen MR) is 215 cm³/mol. The van der Waals surface area contributed by atoms with E-state index < -0.39 is 5.54 Å². The van der Waals surface area contributed by atoms with Crippen LogP contribution in [0.5, 0.6) is 0 Å². The Morgan fingerprint density at radius 2 is 1.43 bits per heavy atom. The van der Waals surface area contributed by atoms with Gasteiger partial charge in [-0.2, -0.15) is 5.26 Å². The van der Waals surface area contributed by atoms with Crippen LogP contribution in [0.2, 0.25) is 5.15 Å². The van der Waals surface area contributed by atoms with Crippen LogP contribution in [0.3, 0.4) is 0 Å². The molecule has 0 spiro atoms. The van der Waals surface area contributed by atoms with Crippen molar-refractivity contribution in [3.63, 3.8) is 0 Å². The molecule has 10 heteroatoms. The molecule has 0 aliphatic carbocycles. The van der Waals surface area contributed by atoms with Gasteiger partial charge in [-0.05, 0) is 62.0 Å². The molecule has 0 bridgehead atoms. The summed E-state index contributed by atoms with van der Waals surface area (Å²) in [6.07, 6.45) is 3.01. The van der Waals surface area contributed by atoms with Crippen molar-refractivity contribution in [2.75, 3.05) is 0 Å². The third-order valence-corrected chi connectivity index (χ3v) is 10.9. The fraction of sp³-hybridized carbons (Fsp3) is 0.159. The van der Waals surface area contributed by atoms with Crippen LogP contribution in [-0.2, 0) is 24.9 Å². The smallest absolute Gasteiger partial charge is 0.205 e. The second kappa shape index (κ2) is 15.3. The summed E-state index contributed by atoms with van der Waals surface area (Å²) < 4.78 is 9.47. The van der Waals surface area contributed by atoms with Gasteiger partial charge in [-0.15, -0.1) is 15.0 Å². The Morgan fingerprint density at radius 1 is 0.815 bits per heavy atom. The van der Waals surface area contributed by atoms with Gasteiger partial charge in [-0.1, -0.05) is 146 Å². The molecule has 5 aromatic carbocycles. The number of aryl methyl sites for hydroxylation is 1. The summed E-state index contributed by atoms with van der Waals surface area (Å²) in [5.41, 5.74) is 6.23. The molecule has 0 aliphatic rings. The lowest BCUT2D eigenvalue weighted by Gasteiger charge is -2.34. The van der Waals surface area contributed by atoms with Crippen LogP contribution in [0, 0.1) is 11.3 Å². The Morgan fingerprint density at radius 3 is 2.04 bits per heavy atom. The van der Waals surface area contributed by atoms with Crippen LogP contribution in [0.1, 0.15) is 53.5 Å². The number of nitriles is 1. The Labute approximate surface area is 326 Å². The highest BCUT2D eigenvalue weighted by Gasteiger charge is 2.41. The minimum atomic E-state index is -0.900. The van der Waals surface area contributed by atoms with Crippen molar-refractivity contribution in [1.29, 1.82) is 5.26 Å². The number of hydrogen-bond acceptors (Lipinski definition) is 6. The maximum Gasteiger partial charge on any atom is 0.205 e. The summed E-state index contributed by atoms with van der Waals surface area (Å²) in [6, 6.07) is 47.2. The third kappa shape index (κ3) is 6.31. The predicted octanol–water partition coefficient (Wildman–Crippen LogP) is 10.7. The minimum Gasteiger partial charge on any atom is -0.455 e. The average Bonchev–Trinajstić information content (AvgIpc) is 3.92. The Hall–Kier alpha value is -5.82. The van der Waals surface area contributed by atoms with E-state index >= 15 is 0 Å². The van der Waals surface area contributed by atoms with E-state index in [0.29, 0.717) is 23.3 Å². The maximum absolute atomic E-state index is 9.53. The maximum atomic E-state index is 9.53. The number of furan rings is 1. The number of aromatic nitrogens is 6. The monoisotopic (exact) mass is 791 g/mol. The topological polar surface area (TPSA) is 98.4 Å². The average molecular weight is 793 g/mol. The molecule has 8 rings (SSSR count). The first-order valence-corrected chi connectivity index (χ1v) is 19.1. The zero-order valence-corrected chi connectivity index (χ0v) is 31.9. The van der Waals surface area contributed by atoms with E-state index in [4.69, 9.17) is 31.4 Å². The van der Waals surface area contributed by atoms with Crippen LogP contribution >= 0.6 is 27.5 Å². The highest BCUT2D eigenvalue weighted by Crippen LogP contribution is 2.43. The molecule has 0 radical (unpaired) electrons. The van der Waals surface area contributed by atoms with E-state index in [2.05, 4.69) is 80.9 Å². The number of tetrazole rings is 1. The molecular weight excluding hydrogens is 758 g/mol. The van der Waals surface area contributed by atoms with Crippen LogP contribution in [0.4, 0.5) is 0 Å². The van der Waals surface area contributed by atoms with Gasteiger partial charge < -0.3 is 8.98 Å². The molecule has 0 amide bonds. The molecule has 0 fully saturated rings. The standard InChI is InChI=1S/C44H35BrClN7O/c1-2-3-23-39-48-42(46)37(26-27-47)52(39)29-30-24-25-38-36(28-30)40(45)41(54-38)34-21-13-14-22-35(34)43-49-51-53(50-43)44(31-15-7-4-8-16-31,32-17-9-5-10-18-32)33-19-11-6-12-20-33/h4-22,24-25,28H,2-3,23,26,29H2,1H3. The number of rotatable bonds is 12. The van der Waals surface area contributed by atoms with Gasteiger partial charge in [0.1, 0.15) is 17.2 Å².